The van der Waals surface area contributed by atoms with Crippen molar-refractivity contribution < 1.29 is 5.11 Å². The molecule has 0 atom stereocenters. The van der Waals surface area contributed by atoms with E-state index in [9.17, 15) is 0 Å². The van der Waals surface area contributed by atoms with Crippen LogP contribution >= 0.6 is 0 Å². The lowest BCUT2D eigenvalue weighted by Gasteiger charge is -1.83. The molecule has 1 heteroatoms. The van der Waals surface area contributed by atoms with E-state index in [-0.39, 0.29) is 0 Å². The predicted molar refractivity (Wildman–Crippen MR) is 64.7 cm³/mol. The summed E-state index contributed by atoms with van der Waals surface area (Å²) in [6, 6.07) is 12.0. The highest BCUT2D eigenvalue weighted by Gasteiger charge is 1.89. The first-order valence-corrected chi connectivity index (χ1v) is 5.03. The zero-order valence-electron chi connectivity index (χ0n) is 8.93. The topological polar surface area (TPSA) is 20.2 Å². The van der Waals surface area contributed by atoms with Crippen molar-refractivity contribution in [3.05, 3.63) is 72.0 Å². The number of rotatable bonds is 0. The molecule has 78 valence electrons. The van der Waals surface area contributed by atoms with Crippen LogP contribution in [0, 0.1) is 0 Å². The van der Waals surface area contributed by atoms with E-state index < -0.39 is 0 Å². The molecule has 0 heterocycles. The van der Waals surface area contributed by atoms with Gasteiger partial charge < -0.3 is 5.11 Å². The van der Waals surface area contributed by atoms with E-state index in [0.717, 1.165) is 6.42 Å². The predicted octanol–water partition coefficient (Wildman–Crippen LogP) is 4.02. The van der Waals surface area contributed by atoms with E-state index in [1.54, 1.807) is 12.2 Å². The Balaban J connectivity index is 0.000000162. The number of benzene rings is 1. The summed E-state index contributed by atoms with van der Waals surface area (Å²) in [6.07, 6.45) is 8.30. The van der Waals surface area contributed by atoms with Crippen molar-refractivity contribution in [3.63, 3.8) is 0 Å². The van der Waals surface area contributed by atoms with Gasteiger partial charge in [0.05, 0.1) is 0 Å². The Bertz CT molecular complexity index is 311. The third-order valence-corrected chi connectivity index (χ3v) is 1.95. The minimum absolute atomic E-state index is 0.364. The summed E-state index contributed by atoms with van der Waals surface area (Å²) in [5.74, 6) is 0.364. The highest BCUT2D eigenvalue weighted by atomic mass is 16.3. The molecule has 1 aliphatic rings. The molecule has 2 rings (SSSR count). The summed E-state index contributed by atoms with van der Waals surface area (Å²) in [5, 5.41) is 8.95. The van der Waals surface area contributed by atoms with Gasteiger partial charge in [0.2, 0.25) is 0 Å². The lowest BCUT2D eigenvalue weighted by atomic mass is 10.2. The number of allylic oxidation sites excluding steroid dienone is 5. The fraction of sp³-hybridized carbons (Fsp3) is 0.143. The lowest BCUT2D eigenvalue weighted by molar-refractivity contribution is 0.431. The van der Waals surface area contributed by atoms with E-state index >= 15 is 0 Å². The van der Waals surface area contributed by atoms with Crippen molar-refractivity contribution in [2.75, 3.05) is 0 Å². The second kappa shape index (κ2) is 6.66. The quantitative estimate of drug-likeness (QED) is 0.670. The molecule has 0 radical (unpaired) electrons. The standard InChI is InChI=1S/C8H10O.C6H6/c1-7-3-2-4-8(9)6-5-7;1-2-4-6-5-3-1/h3-6,9H,2H2,1H3;1-6H. The molecule has 1 N–H and O–H groups in total. The minimum atomic E-state index is 0.364. The molecule has 1 aromatic carbocycles. The van der Waals surface area contributed by atoms with Crippen molar-refractivity contribution in [1.29, 1.82) is 0 Å². The Morgan fingerprint density at radius 3 is 1.93 bits per heavy atom. The van der Waals surface area contributed by atoms with Crippen LogP contribution in [0.25, 0.3) is 0 Å². The second-order valence-electron chi connectivity index (χ2n) is 3.30. The van der Waals surface area contributed by atoms with E-state index in [2.05, 4.69) is 6.08 Å². The van der Waals surface area contributed by atoms with Gasteiger partial charge in [-0.2, -0.15) is 0 Å². The maximum absolute atomic E-state index is 8.95. The van der Waals surface area contributed by atoms with Crippen molar-refractivity contribution >= 4 is 0 Å². The molecule has 1 aromatic rings. The van der Waals surface area contributed by atoms with Crippen LogP contribution in [0.5, 0.6) is 0 Å². The van der Waals surface area contributed by atoms with Gasteiger partial charge in [0, 0.05) is 0 Å². The van der Waals surface area contributed by atoms with Crippen molar-refractivity contribution in [1.82, 2.24) is 0 Å². The highest BCUT2D eigenvalue weighted by molar-refractivity contribution is 5.27. The smallest absolute Gasteiger partial charge is 0.111 e. The molecule has 0 aliphatic heterocycles. The van der Waals surface area contributed by atoms with Gasteiger partial charge in [0.15, 0.2) is 0 Å². The van der Waals surface area contributed by atoms with Gasteiger partial charge in [-0.05, 0) is 25.5 Å². The summed E-state index contributed by atoms with van der Waals surface area (Å²) >= 11 is 0. The fourth-order valence-electron chi connectivity index (χ4n) is 1.10. The van der Waals surface area contributed by atoms with Crippen molar-refractivity contribution in [3.8, 4) is 0 Å². The first-order valence-electron chi connectivity index (χ1n) is 5.03. The molecular formula is C14H16O. The normalized spacial score (nSPS) is 14.2. The fourth-order valence-corrected chi connectivity index (χ4v) is 1.10. The molecule has 1 aliphatic carbocycles. The van der Waals surface area contributed by atoms with Gasteiger partial charge >= 0.3 is 0 Å². The van der Waals surface area contributed by atoms with Crippen LogP contribution in [0.3, 0.4) is 0 Å². The molecule has 0 spiro atoms. The summed E-state index contributed by atoms with van der Waals surface area (Å²) in [7, 11) is 0. The highest BCUT2D eigenvalue weighted by Crippen LogP contribution is 2.06. The first kappa shape index (κ1) is 11.3. The Kier molecular flexibility index (Phi) is 5.02. The molecule has 1 nitrogen and oxygen atoms in total. The maximum atomic E-state index is 8.95. The SMILES string of the molecule is CC1=CCC=C(O)C=C1.c1ccccc1. The number of aliphatic hydroxyl groups excluding tert-OH is 1. The minimum Gasteiger partial charge on any atom is -0.508 e. The van der Waals surface area contributed by atoms with E-state index in [4.69, 9.17) is 5.11 Å². The van der Waals surface area contributed by atoms with Gasteiger partial charge in [-0.25, -0.2) is 0 Å². The molecule has 0 saturated heterocycles. The monoisotopic (exact) mass is 200 g/mol. The number of hydrogen-bond acceptors (Lipinski definition) is 1. The third kappa shape index (κ3) is 5.53. The van der Waals surface area contributed by atoms with Crippen LogP contribution in [0.2, 0.25) is 0 Å². The molecule has 0 fully saturated rings. The van der Waals surface area contributed by atoms with Crippen LogP contribution in [-0.4, -0.2) is 5.11 Å². The Hall–Kier alpha value is -1.76. The van der Waals surface area contributed by atoms with Crippen molar-refractivity contribution in [2.45, 2.75) is 13.3 Å². The third-order valence-electron chi connectivity index (χ3n) is 1.95. The molecule has 0 bridgehead atoms. The van der Waals surface area contributed by atoms with Crippen LogP contribution in [-0.2, 0) is 0 Å². The van der Waals surface area contributed by atoms with E-state index in [0.29, 0.717) is 5.76 Å². The van der Waals surface area contributed by atoms with Crippen molar-refractivity contribution in [2.24, 2.45) is 0 Å². The van der Waals surface area contributed by atoms with E-state index in [1.165, 1.54) is 5.57 Å². The van der Waals surface area contributed by atoms with Gasteiger partial charge in [0.25, 0.3) is 0 Å². The average Bonchev–Trinajstić information content (AvgIpc) is 2.47. The summed E-state index contributed by atoms with van der Waals surface area (Å²) in [4.78, 5) is 0. The summed E-state index contributed by atoms with van der Waals surface area (Å²) in [6.45, 7) is 2.02. The average molecular weight is 200 g/mol. The Labute approximate surface area is 91.1 Å². The van der Waals surface area contributed by atoms with Crippen LogP contribution in [0.15, 0.2) is 72.0 Å². The van der Waals surface area contributed by atoms with Crippen LogP contribution in [0.1, 0.15) is 13.3 Å². The second-order valence-corrected chi connectivity index (χ2v) is 3.30. The van der Waals surface area contributed by atoms with E-state index in [1.807, 2.05) is 49.4 Å². The Morgan fingerprint density at radius 1 is 0.867 bits per heavy atom. The molecule has 0 aromatic heterocycles. The van der Waals surface area contributed by atoms with Gasteiger partial charge in [-0.15, -0.1) is 0 Å². The molecule has 0 amide bonds. The largest absolute Gasteiger partial charge is 0.508 e. The summed E-state index contributed by atoms with van der Waals surface area (Å²) in [5.41, 5.74) is 1.20. The first-order chi connectivity index (χ1) is 7.29. The summed E-state index contributed by atoms with van der Waals surface area (Å²) < 4.78 is 0. The van der Waals surface area contributed by atoms with Crippen LogP contribution < -0.4 is 0 Å². The van der Waals surface area contributed by atoms with Gasteiger partial charge in [-0.1, -0.05) is 54.1 Å². The molecular weight excluding hydrogens is 184 g/mol. The lowest BCUT2D eigenvalue weighted by Crippen LogP contribution is -1.68. The Morgan fingerprint density at radius 2 is 1.40 bits per heavy atom. The zero-order chi connectivity index (χ0) is 10.9. The number of aliphatic hydroxyl groups is 1. The molecule has 0 saturated carbocycles. The molecule has 0 unspecified atom stereocenters. The zero-order valence-corrected chi connectivity index (χ0v) is 8.93. The molecule has 15 heavy (non-hydrogen) atoms. The van der Waals surface area contributed by atoms with Gasteiger partial charge in [-0.3, -0.25) is 0 Å². The maximum Gasteiger partial charge on any atom is 0.111 e. The van der Waals surface area contributed by atoms with Gasteiger partial charge in [0.1, 0.15) is 5.76 Å². The van der Waals surface area contributed by atoms with Crippen LogP contribution in [0.4, 0.5) is 0 Å². The number of hydrogen-bond donors (Lipinski definition) is 1.